The maximum atomic E-state index is 10.2. The highest BCUT2D eigenvalue weighted by molar-refractivity contribution is 5.35. The minimum atomic E-state index is -0.671. The van der Waals surface area contributed by atoms with Crippen LogP contribution in [0.25, 0.3) is 0 Å². The summed E-state index contributed by atoms with van der Waals surface area (Å²) in [4.78, 5) is 4.35. The standard InChI is InChI=1S/C14H24N2O/c1-11(2)8-9-14(4,17)10-15-13-7-5-6-12(3)16-13/h5-7,11,17H,8-10H2,1-4H3,(H,15,16). The molecule has 0 amide bonds. The number of hydrogen-bond acceptors (Lipinski definition) is 3. The van der Waals surface area contributed by atoms with Crippen LogP contribution in [0.3, 0.4) is 0 Å². The summed E-state index contributed by atoms with van der Waals surface area (Å²) in [6, 6.07) is 5.85. The Morgan fingerprint density at radius 2 is 2.12 bits per heavy atom. The van der Waals surface area contributed by atoms with Crippen LogP contribution in [0, 0.1) is 12.8 Å². The van der Waals surface area contributed by atoms with Crippen molar-refractivity contribution >= 4 is 5.82 Å². The Morgan fingerprint density at radius 1 is 1.41 bits per heavy atom. The molecule has 0 radical (unpaired) electrons. The Balaban J connectivity index is 2.43. The lowest BCUT2D eigenvalue weighted by molar-refractivity contribution is 0.0585. The zero-order chi connectivity index (χ0) is 12.9. The summed E-state index contributed by atoms with van der Waals surface area (Å²) < 4.78 is 0. The lowest BCUT2D eigenvalue weighted by Gasteiger charge is -2.24. The monoisotopic (exact) mass is 236 g/mol. The highest BCUT2D eigenvalue weighted by atomic mass is 16.3. The molecule has 1 atom stereocenters. The second kappa shape index (κ2) is 6.01. The maximum absolute atomic E-state index is 10.2. The Bertz CT molecular complexity index is 348. The molecule has 1 rings (SSSR count). The SMILES string of the molecule is Cc1cccc(NCC(C)(O)CCC(C)C)n1. The van der Waals surface area contributed by atoms with Gasteiger partial charge in [0.25, 0.3) is 0 Å². The van der Waals surface area contributed by atoms with Crippen LogP contribution in [0.15, 0.2) is 18.2 Å². The van der Waals surface area contributed by atoms with Gasteiger partial charge >= 0.3 is 0 Å². The van der Waals surface area contributed by atoms with E-state index in [2.05, 4.69) is 24.1 Å². The normalized spacial score (nSPS) is 14.7. The van der Waals surface area contributed by atoms with E-state index in [4.69, 9.17) is 0 Å². The summed E-state index contributed by atoms with van der Waals surface area (Å²) in [6.07, 6.45) is 1.85. The molecule has 0 saturated carbocycles. The summed E-state index contributed by atoms with van der Waals surface area (Å²) in [5.41, 5.74) is 0.312. The summed E-state index contributed by atoms with van der Waals surface area (Å²) in [6.45, 7) is 8.72. The summed E-state index contributed by atoms with van der Waals surface area (Å²) in [5, 5.41) is 13.4. The highest BCUT2D eigenvalue weighted by Gasteiger charge is 2.20. The molecule has 0 saturated heterocycles. The van der Waals surface area contributed by atoms with Crippen LogP contribution in [0.4, 0.5) is 5.82 Å². The van der Waals surface area contributed by atoms with Crippen molar-refractivity contribution in [2.75, 3.05) is 11.9 Å². The van der Waals surface area contributed by atoms with Crippen LogP contribution in [0.5, 0.6) is 0 Å². The first-order valence-electron chi connectivity index (χ1n) is 6.29. The number of aliphatic hydroxyl groups is 1. The van der Waals surface area contributed by atoms with E-state index in [1.165, 1.54) is 0 Å². The van der Waals surface area contributed by atoms with Crippen molar-refractivity contribution in [1.29, 1.82) is 0 Å². The third-order valence-corrected chi connectivity index (χ3v) is 2.80. The first-order valence-corrected chi connectivity index (χ1v) is 6.29. The first-order chi connectivity index (χ1) is 7.89. The third kappa shape index (κ3) is 5.68. The van der Waals surface area contributed by atoms with Gasteiger partial charge in [0.2, 0.25) is 0 Å². The largest absolute Gasteiger partial charge is 0.388 e. The zero-order valence-electron chi connectivity index (χ0n) is 11.3. The average molecular weight is 236 g/mol. The lowest BCUT2D eigenvalue weighted by atomic mass is 9.95. The van der Waals surface area contributed by atoms with Crippen molar-refractivity contribution in [2.45, 2.75) is 46.1 Å². The molecule has 1 aromatic heterocycles. The predicted molar refractivity (Wildman–Crippen MR) is 72.2 cm³/mol. The maximum Gasteiger partial charge on any atom is 0.126 e. The number of aryl methyl sites for hydroxylation is 1. The van der Waals surface area contributed by atoms with Crippen LogP contribution in [0.2, 0.25) is 0 Å². The Morgan fingerprint density at radius 3 is 2.71 bits per heavy atom. The topological polar surface area (TPSA) is 45.1 Å². The molecule has 3 heteroatoms. The molecule has 0 aliphatic rings. The fourth-order valence-corrected chi connectivity index (χ4v) is 1.61. The average Bonchev–Trinajstić information content (AvgIpc) is 2.24. The zero-order valence-corrected chi connectivity index (χ0v) is 11.3. The highest BCUT2D eigenvalue weighted by Crippen LogP contribution is 2.17. The van der Waals surface area contributed by atoms with Gasteiger partial charge in [-0.3, -0.25) is 0 Å². The van der Waals surface area contributed by atoms with Crippen LogP contribution in [-0.2, 0) is 0 Å². The van der Waals surface area contributed by atoms with Gasteiger partial charge in [0, 0.05) is 12.2 Å². The molecular formula is C14H24N2O. The molecule has 0 aliphatic heterocycles. The molecule has 0 aliphatic carbocycles. The molecular weight excluding hydrogens is 212 g/mol. The summed E-state index contributed by atoms with van der Waals surface area (Å²) >= 11 is 0. The van der Waals surface area contributed by atoms with E-state index in [0.29, 0.717) is 12.5 Å². The van der Waals surface area contributed by atoms with E-state index in [0.717, 1.165) is 24.4 Å². The second-order valence-electron chi connectivity index (χ2n) is 5.45. The molecule has 1 unspecified atom stereocenters. The molecule has 0 fully saturated rings. The Labute approximate surface area is 104 Å². The molecule has 17 heavy (non-hydrogen) atoms. The van der Waals surface area contributed by atoms with E-state index in [1.807, 2.05) is 32.0 Å². The van der Waals surface area contributed by atoms with Crippen molar-refractivity contribution in [3.05, 3.63) is 23.9 Å². The second-order valence-corrected chi connectivity index (χ2v) is 5.45. The van der Waals surface area contributed by atoms with Gasteiger partial charge in [-0.1, -0.05) is 19.9 Å². The molecule has 1 aromatic rings. The van der Waals surface area contributed by atoms with Crippen LogP contribution >= 0.6 is 0 Å². The number of anilines is 1. The van der Waals surface area contributed by atoms with E-state index >= 15 is 0 Å². The molecule has 2 N–H and O–H groups in total. The van der Waals surface area contributed by atoms with E-state index in [-0.39, 0.29) is 0 Å². The van der Waals surface area contributed by atoms with Crippen molar-refractivity contribution in [3.8, 4) is 0 Å². The molecule has 0 aromatic carbocycles. The number of aromatic nitrogens is 1. The summed E-state index contributed by atoms with van der Waals surface area (Å²) in [7, 11) is 0. The molecule has 3 nitrogen and oxygen atoms in total. The van der Waals surface area contributed by atoms with Gasteiger partial charge in [0.15, 0.2) is 0 Å². The predicted octanol–water partition coefficient (Wildman–Crippen LogP) is 2.99. The van der Waals surface area contributed by atoms with Crippen LogP contribution < -0.4 is 5.32 Å². The van der Waals surface area contributed by atoms with Gasteiger partial charge in [0.1, 0.15) is 5.82 Å². The van der Waals surface area contributed by atoms with Crippen molar-refractivity contribution in [3.63, 3.8) is 0 Å². The van der Waals surface area contributed by atoms with E-state index < -0.39 is 5.60 Å². The Hall–Kier alpha value is -1.09. The van der Waals surface area contributed by atoms with Gasteiger partial charge in [-0.2, -0.15) is 0 Å². The van der Waals surface area contributed by atoms with Crippen molar-refractivity contribution in [2.24, 2.45) is 5.92 Å². The third-order valence-electron chi connectivity index (χ3n) is 2.80. The van der Waals surface area contributed by atoms with Crippen molar-refractivity contribution in [1.82, 2.24) is 4.98 Å². The number of pyridine rings is 1. The number of rotatable bonds is 6. The van der Waals surface area contributed by atoms with E-state index in [9.17, 15) is 5.11 Å². The van der Waals surface area contributed by atoms with Crippen molar-refractivity contribution < 1.29 is 5.11 Å². The molecule has 0 bridgehead atoms. The smallest absolute Gasteiger partial charge is 0.126 e. The Kier molecular flexibility index (Phi) is 4.94. The molecule has 1 heterocycles. The van der Waals surface area contributed by atoms with Gasteiger partial charge in [-0.15, -0.1) is 0 Å². The first kappa shape index (κ1) is 14.0. The van der Waals surface area contributed by atoms with Gasteiger partial charge in [0.05, 0.1) is 5.60 Å². The lowest BCUT2D eigenvalue weighted by Crippen LogP contribution is -2.34. The van der Waals surface area contributed by atoms with Gasteiger partial charge in [-0.25, -0.2) is 4.98 Å². The summed E-state index contributed by atoms with van der Waals surface area (Å²) in [5.74, 6) is 1.45. The number of nitrogens with zero attached hydrogens (tertiary/aromatic N) is 1. The fraction of sp³-hybridized carbons (Fsp3) is 0.643. The van der Waals surface area contributed by atoms with E-state index in [1.54, 1.807) is 0 Å². The fourth-order valence-electron chi connectivity index (χ4n) is 1.61. The molecule has 96 valence electrons. The molecule has 0 spiro atoms. The van der Waals surface area contributed by atoms with Crippen LogP contribution in [0.1, 0.15) is 39.3 Å². The number of nitrogens with one attached hydrogen (secondary N) is 1. The minimum Gasteiger partial charge on any atom is -0.388 e. The quantitative estimate of drug-likeness (QED) is 0.798. The minimum absolute atomic E-state index is 0.538. The van der Waals surface area contributed by atoms with Gasteiger partial charge in [-0.05, 0) is 44.7 Å². The van der Waals surface area contributed by atoms with Crippen LogP contribution in [-0.4, -0.2) is 22.2 Å². The number of hydrogen-bond donors (Lipinski definition) is 2. The van der Waals surface area contributed by atoms with Gasteiger partial charge < -0.3 is 10.4 Å².